The highest BCUT2D eigenvalue weighted by Gasteiger charge is 2.40. The summed E-state index contributed by atoms with van der Waals surface area (Å²) in [5.41, 5.74) is 2.87. The number of ether oxygens (including phenoxy) is 1. The minimum atomic E-state index is 0.704. The third kappa shape index (κ3) is 4.44. The molecule has 0 spiro atoms. The van der Waals surface area contributed by atoms with Crippen molar-refractivity contribution in [1.82, 2.24) is 5.32 Å². The summed E-state index contributed by atoms with van der Waals surface area (Å²) in [5, 5.41) is 3.90. The van der Waals surface area contributed by atoms with Gasteiger partial charge < -0.3 is 10.1 Å². The van der Waals surface area contributed by atoms with E-state index in [2.05, 4.69) is 41.7 Å². The maximum atomic E-state index is 5.31. The Bertz CT molecular complexity index is 476. The van der Waals surface area contributed by atoms with Gasteiger partial charge in [0.15, 0.2) is 0 Å². The van der Waals surface area contributed by atoms with E-state index < -0.39 is 0 Å². The lowest BCUT2D eigenvalue weighted by molar-refractivity contribution is 0.201. The molecule has 0 radical (unpaired) electrons. The van der Waals surface area contributed by atoms with Gasteiger partial charge in [0.2, 0.25) is 0 Å². The van der Waals surface area contributed by atoms with Gasteiger partial charge in [0.1, 0.15) is 0 Å². The van der Waals surface area contributed by atoms with Gasteiger partial charge in [-0.25, -0.2) is 0 Å². The summed E-state index contributed by atoms with van der Waals surface area (Å²) in [4.78, 5) is 0. The second kappa shape index (κ2) is 7.94. The topological polar surface area (TPSA) is 21.3 Å². The zero-order valence-electron chi connectivity index (χ0n) is 13.8. The first-order chi connectivity index (χ1) is 10.9. The fraction of sp³-hybridized carbons (Fsp3) is 0.600. The first-order valence-electron chi connectivity index (χ1n) is 8.87. The van der Waals surface area contributed by atoms with Crippen molar-refractivity contribution in [2.45, 2.75) is 57.0 Å². The molecule has 120 valence electrons. The molecule has 2 aliphatic carbocycles. The molecule has 2 fully saturated rings. The van der Waals surface area contributed by atoms with Gasteiger partial charge in [-0.05, 0) is 37.2 Å². The Balaban J connectivity index is 1.60. The van der Waals surface area contributed by atoms with Crippen molar-refractivity contribution >= 4 is 6.08 Å². The van der Waals surface area contributed by atoms with Crippen molar-refractivity contribution in [3.8, 4) is 0 Å². The first-order valence-corrected chi connectivity index (χ1v) is 8.87. The predicted molar refractivity (Wildman–Crippen MR) is 92.8 cm³/mol. The van der Waals surface area contributed by atoms with Crippen molar-refractivity contribution < 1.29 is 4.74 Å². The molecule has 1 aromatic carbocycles. The fourth-order valence-electron chi connectivity index (χ4n) is 3.71. The third-order valence-corrected chi connectivity index (χ3v) is 5.07. The van der Waals surface area contributed by atoms with Crippen LogP contribution in [0.15, 0.2) is 35.9 Å². The van der Waals surface area contributed by atoms with Crippen LogP contribution in [-0.4, -0.2) is 25.8 Å². The van der Waals surface area contributed by atoms with Crippen LogP contribution in [0.4, 0.5) is 0 Å². The average molecular weight is 299 g/mol. The standard InChI is InChI=1S/C20H29NO/c1-22-13-12-17(14-16-8-4-2-5-9-16)19-15-20(19)21-18-10-6-3-7-11-18/h2,4-5,8-9,14,18-21H,3,6-7,10-13,15H2,1H3/b17-14+/t19-,20?/m0/s1. The molecule has 1 unspecified atom stereocenters. The third-order valence-electron chi connectivity index (χ3n) is 5.07. The molecular formula is C20H29NO. The van der Waals surface area contributed by atoms with Gasteiger partial charge in [0.05, 0.1) is 0 Å². The summed E-state index contributed by atoms with van der Waals surface area (Å²) in [6.45, 7) is 0.825. The summed E-state index contributed by atoms with van der Waals surface area (Å²) < 4.78 is 5.31. The molecule has 0 amide bonds. The molecule has 2 atom stereocenters. The number of methoxy groups -OCH3 is 1. The molecule has 2 nitrogen and oxygen atoms in total. The van der Waals surface area contributed by atoms with E-state index in [1.165, 1.54) is 44.1 Å². The molecule has 0 aromatic heterocycles. The molecule has 0 heterocycles. The second-order valence-electron chi connectivity index (χ2n) is 6.82. The average Bonchev–Trinajstić information content (AvgIpc) is 3.32. The zero-order valence-corrected chi connectivity index (χ0v) is 13.8. The molecule has 22 heavy (non-hydrogen) atoms. The maximum absolute atomic E-state index is 5.31. The molecule has 2 saturated carbocycles. The van der Waals surface area contributed by atoms with Crippen molar-refractivity contribution in [2.24, 2.45) is 5.92 Å². The monoisotopic (exact) mass is 299 g/mol. The minimum Gasteiger partial charge on any atom is -0.384 e. The Labute approximate surface area is 135 Å². The van der Waals surface area contributed by atoms with E-state index >= 15 is 0 Å². The second-order valence-corrected chi connectivity index (χ2v) is 6.82. The molecule has 1 aromatic rings. The van der Waals surface area contributed by atoms with E-state index in [0.717, 1.165) is 25.0 Å². The van der Waals surface area contributed by atoms with Crippen molar-refractivity contribution in [2.75, 3.05) is 13.7 Å². The zero-order chi connectivity index (χ0) is 15.2. The number of benzene rings is 1. The Morgan fingerprint density at radius 2 is 1.95 bits per heavy atom. The van der Waals surface area contributed by atoms with Gasteiger partial charge in [-0.1, -0.05) is 61.2 Å². The smallest absolute Gasteiger partial charge is 0.0499 e. The highest BCUT2D eigenvalue weighted by molar-refractivity contribution is 5.54. The Morgan fingerprint density at radius 3 is 2.68 bits per heavy atom. The van der Waals surface area contributed by atoms with E-state index in [0.29, 0.717) is 6.04 Å². The fourth-order valence-corrected chi connectivity index (χ4v) is 3.71. The quantitative estimate of drug-likeness (QED) is 0.805. The first kappa shape index (κ1) is 15.8. The maximum Gasteiger partial charge on any atom is 0.0499 e. The summed E-state index contributed by atoms with van der Waals surface area (Å²) in [6, 6.07) is 12.2. The van der Waals surface area contributed by atoms with Gasteiger partial charge in [-0.3, -0.25) is 0 Å². The molecule has 2 heteroatoms. The van der Waals surface area contributed by atoms with Gasteiger partial charge in [0.25, 0.3) is 0 Å². The molecule has 0 bridgehead atoms. The molecule has 0 saturated heterocycles. The van der Waals surface area contributed by atoms with E-state index in [1.807, 2.05) is 0 Å². The number of hydrogen-bond acceptors (Lipinski definition) is 2. The van der Waals surface area contributed by atoms with E-state index in [1.54, 1.807) is 12.7 Å². The molecule has 0 aliphatic heterocycles. The number of rotatable bonds is 7. The molecule has 2 aliphatic rings. The van der Waals surface area contributed by atoms with Crippen LogP contribution >= 0.6 is 0 Å². The Hall–Kier alpha value is -1.12. The summed E-state index contributed by atoms with van der Waals surface area (Å²) in [6.07, 6.45) is 11.7. The molecule has 3 rings (SSSR count). The number of hydrogen-bond donors (Lipinski definition) is 1. The number of nitrogens with one attached hydrogen (secondary N) is 1. The van der Waals surface area contributed by atoms with E-state index in [9.17, 15) is 0 Å². The summed E-state index contributed by atoms with van der Waals surface area (Å²) in [5.74, 6) is 0.720. The summed E-state index contributed by atoms with van der Waals surface area (Å²) >= 11 is 0. The highest BCUT2D eigenvalue weighted by atomic mass is 16.5. The minimum absolute atomic E-state index is 0.704. The Morgan fingerprint density at radius 1 is 1.18 bits per heavy atom. The summed E-state index contributed by atoms with van der Waals surface area (Å²) in [7, 11) is 1.80. The lowest BCUT2D eigenvalue weighted by Gasteiger charge is -2.23. The normalized spacial score (nSPS) is 26.1. The molecular weight excluding hydrogens is 270 g/mol. The van der Waals surface area contributed by atoms with Gasteiger partial charge in [-0.2, -0.15) is 0 Å². The van der Waals surface area contributed by atoms with Gasteiger partial charge in [0, 0.05) is 25.8 Å². The van der Waals surface area contributed by atoms with Crippen molar-refractivity contribution in [3.05, 3.63) is 41.5 Å². The van der Waals surface area contributed by atoms with Crippen molar-refractivity contribution in [1.29, 1.82) is 0 Å². The van der Waals surface area contributed by atoms with Crippen LogP contribution in [-0.2, 0) is 4.74 Å². The Kier molecular flexibility index (Phi) is 5.69. The van der Waals surface area contributed by atoms with Crippen LogP contribution in [0.3, 0.4) is 0 Å². The van der Waals surface area contributed by atoms with Crippen LogP contribution in [0.25, 0.3) is 6.08 Å². The van der Waals surface area contributed by atoms with E-state index in [-0.39, 0.29) is 0 Å². The van der Waals surface area contributed by atoms with Crippen LogP contribution in [0.1, 0.15) is 50.5 Å². The van der Waals surface area contributed by atoms with Gasteiger partial charge >= 0.3 is 0 Å². The van der Waals surface area contributed by atoms with Crippen molar-refractivity contribution in [3.63, 3.8) is 0 Å². The van der Waals surface area contributed by atoms with Crippen LogP contribution < -0.4 is 5.32 Å². The van der Waals surface area contributed by atoms with Crippen LogP contribution in [0.2, 0.25) is 0 Å². The predicted octanol–water partition coefficient (Wildman–Crippen LogP) is 4.42. The van der Waals surface area contributed by atoms with Gasteiger partial charge in [-0.15, -0.1) is 0 Å². The van der Waals surface area contributed by atoms with Crippen LogP contribution in [0, 0.1) is 5.92 Å². The highest BCUT2D eigenvalue weighted by Crippen LogP contribution is 2.40. The lowest BCUT2D eigenvalue weighted by Crippen LogP contribution is -2.33. The van der Waals surface area contributed by atoms with E-state index in [4.69, 9.17) is 4.74 Å². The van der Waals surface area contributed by atoms with Crippen LogP contribution in [0.5, 0.6) is 0 Å². The lowest BCUT2D eigenvalue weighted by atomic mass is 9.95. The molecule has 1 N–H and O–H groups in total. The largest absolute Gasteiger partial charge is 0.384 e. The SMILES string of the molecule is COCC/C(=C\c1ccccc1)[C@@H]1CC1NC1CCCCC1.